The molecule has 0 saturated heterocycles. The standard InChI is InChI=1S/C33H29ClN4O3/c1-21-15-16-29(17-22(21)2)41-30-20-35-38(28-14-8-12-26(34)19-28)33(40)31(30)37-27-13-7-11-25(18-27)32(39)36-23(3)24-9-5-4-6-10-24/h4-20,23,37H,1-3H3,(H,36,39). The predicted molar refractivity (Wildman–Crippen MR) is 163 cm³/mol. The Morgan fingerprint density at radius 3 is 2.44 bits per heavy atom. The van der Waals surface area contributed by atoms with Crippen molar-refractivity contribution in [1.82, 2.24) is 15.1 Å². The van der Waals surface area contributed by atoms with Gasteiger partial charge in [0.15, 0.2) is 11.4 Å². The van der Waals surface area contributed by atoms with Crippen LogP contribution in [0.2, 0.25) is 5.02 Å². The number of nitrogens with zero attached hydrogens (tertiary/aromatic N) is 2. The number of amides is 1. The van der Waals surface area contributed by atoms with E-state index in [2.05, 4.69) is 15.7 Å². The van der Waals surface area contributed by atoms with Gasteiger partial charge in [-0.2, -0.15) is 9.78 Å². The molecule has 1 amide bonds. The van der Waals surface area contributed by atoms with E-state index < -0.39 is 5.56 Å². The highest BCUT2D eigenvalue weighted by Crippen LogP contribution is 2.30. The van der Waals surface area contributed by atoms with Gasteiger partial charge in [0.25, 0.3) is 11.5 Å². The lowest BCUT2D eigenvalue weighted by Gasteiger charge is -2.16. The van der Waals surface area contributed by atoms with Crippen molar-refractivity contribution in [3.05, 3.63) is 141 Å². The average molecular weight is 565 g/mol. The quantitative estimate of drug-likeness (QED) is 0.203. The van der Waals surface area contributed by atoms with E-state index in [0.717, 1.165) is 16.7 Å². The zero-order valence-corrected chi connectivity index (χ0v) is 23.6. The van der Waals surface area contributed by atoms with E-state index in [4.69, 9.17) is 16.3 Å². The zero-order valence-electron chi connectivity index (χ0n) is 22.9. The summed E-state index contributed by atoms with van der Waals surface area (Å²) in [5.74, 6) is 0.577. The smallest absolute Gasteiger partial charge is 0.299 e. The first kappa shape index (κ1) is 27.7. The minimum absolute atomic E-state index is 0.161. The number of aromatic nitrogens is 2. The molecular weight excluding hydrogens is 536 g/mol. The molecule has 0 bridgehead atoms. The van der Waals surface area contributed by atoms with Crippen LogP contribution in [0.3, 0.4) is 0 Å². The topological polar surface area (TPSA) is 85.2 Å². The molecule has 41 heavy (non-hydrogen) atoms. The lowest BCUT2D eigenvalue weighted by Crippen LogP contribution is -2.26. The van der Waals surface area contributed by atoms with Crippen molar-refractivity contribution >= 4 is 28.9 Å². The van der Waals surface area contributed by atoms with Crippen LogP contribution < -0.4 is 20.9 Å². The van der Waals surface area contributed by atoms with E-state index in [1.165, 1.54) is 10.9 Å². The number of nitrogens with one attached hydrogen (secondary N) is 2. The molecule has 0 aliphatic carbocycles. The normalized spacial score (nSPS) is 11.5. The lowest BCUT2D eigenvalue weighted by atomic mass is 10.1. The van der Waals surface area contributed by atoms with Crippen LogP contribution in [0.5, 0.6) is 11.5 Å². The molecule has 0 radical (unpaired) electrons. The van der Waals surface area contributed by atoms with Gasteiger partial charge in [-0.25, -0.2) is 0 Å². The number of hydrogen-bond acceptors (Lipinski definition) is 5. The van der Waals surface area contributed by atoms with Crippen molar-refractivity contribution in [1.29, 1.82) is 0 Å². The van der Waals surface area contributed by atoms with Crippen molar-refractivity contribution in [2.75, 3.05) is 5.32 Å². The van der Waals surface area contributed by atoms with Crippen molar-refractivity contribution in [3.8, 4) is 17.2 Å². The Kier molecular flexibility index (Phi) is 8.17. The third-order valence-corrected chi connectivity index (χ3v) is 6.98. The van der Waals surface area contributed by atoms with Gasteiger partial charge in [0.1, 0.15) is 5.75 Å². The molecule has 0 saturated carbocycles. The Bertz CT molecular complexity index is 1770. The summed E-state index contributed by atoms with van der Waals surface area (Å²) in [4.78, 5) is 26.9. The van der Waals surface area contributed by atoms with E-state index in [1.807, 2.05) is 69.3 Å². The Hall–Kier alpha value is -4.88. The highest BCUT2D eigenvalue weighted by atomic mass is 35.5. The summed E-state index contributed by atoms with van der Waals surface area (Å²) in [5, 5.41) is 11.0. The fourth-order valence-corrected chi connectivity index (χ4v) is 4.50. The summed E-state index contributed by atoms with van der Waals surface area (Å²) in [6, 6.07) is 29.1. The maximum atomic E-state index is 13.8. The number of benzene rings is 4. The van der Waals surface area contributed by atoms with Crippen LogP contribution in [0.15, 0.2) is 108 Å². The van der Waals surface area contributed by atoms with Gasteiger partial charge < -0.3 is 15.4 Å². The van der Waals surface area contributed by atoms with Crippen LogP contribution in [0.25, 0.3) is 5.69 Å². The zero-order chi connectivity index (χ0) is 28.9. The van der Waals surface area contributed by atoms with Gasteiger partial charge in [-0.05, 0) is 86.0 Å². The number of hydrogen-bond donors (Lipinski definition) is 2. The van der Waals surface area contributed by atoms with Crippen LogP contribution in [0, 0.1) is 13.8 Å². The molecule has 0 aliphatic rings. The molecule has 0 aliphatic heterocycles. The monoisotopic (exact) mass is 564 g/mol. The Morgan fingerprint density at radius 1 is 0.902 bits per heavy atom. The molecule has 1 aromatic heterocycles. The van der Waals surface area contributed by atoms with E-state index in [1.54, 1.807) is 48.5 Å². The summed E-state index contributed by atoms with van der Waals surface area (Å²) in [6.07, 6.45) is 1.48. The summed E-state index contributed by atoms with van der Waals surface area (Å²) in [5.41, 5.74) is 4.39. The van der Waals surface area contributed by atoms with Crippen molar-refractivity contribution < 1.29 is 9.53 Å². The first-order valence-electron chi connectivity index (χ1n) is 13.1. The van der Waals surface area contributed by atoms with Gasteiger partial charge in [-0.3, -0.25) is 9.59 Å². The van der Waals surface area contributed by atoms with Gasteiger partial charge in [-0.15, -0.1) is 0 Å². The molecular formula is C33H29ClN4O3. The van der Waals surface area contributed by atoms with E-state index >= 15 is 0 Å². The second kappa shape index (κ2) is 12.1. The summed E-state index contributed by atoms with van der Waals surface area (Å²) in [7, 11) is 0. The minimum Gasteiger partial charge on any atom is -0.453 e. The molecule has 1 heterocycles. The Balaban J connectivity index is 1.49. The maximum Gasteiger partial charge on any atom is 0.299 e. The average Bonchev–Trinajstić information content (AvgIpc) is 2.97. The SMILES string of the molecule is Cc1ccc(Oc2cnn(-c3cccc(Cl)c3)c(=O)c2Nc2cccc(C(=O)NC(C)c3ccccc3)c2)cc1C. The molecule has 5 aromatic rings. The summed E-state index contributed by atoms with van der Waals surface area (Å²) in [6.45, 7) is 5.94. The Labute approximate surface area is 243 Å². The van der Waals surface area contributed by atoms with Gasteiger partial charge in [-0.1, -0.05) is 60.1 Å². The molecule has 1 atom stereocenters. The molecule has 1 unspecified atom stereocenters. The fourth-order valence-electron chi connectivity index (χ4n) is 4.31. The van der Waals surface area contributed by atoms with Crippen LogP contribution in [0.1, 0.15) is 40.0 Å². The van der Waals surface area contributed by atoms with E-state index in [-0.39, 0.29) is 23.4 Å². The maximum absolute atomic E-state index is 13.8. The van der Waals surface area contributed by atoms with Crippen molar-refractivity contribution in [3.63, 3.8) is 0 Å². The fraction of sp³-hybridized carbons (Fsp3) is 0.121. The number of carbonyl (C=O) groups is 1. The predicted octanol–water partition coefficient (Wildman–Crippen LogP) is 7.53. The van der Waals surface area contributed by atoms with Gasteiger partial charge >= 0.3 is 0 Å². The number of aryl methyl sites for hydroxylation is 2. The van der Waals surface area contributed by atoms with Gasteiger partial charge in [0.2, 0.25) is 0 Å². The third kappa shape index (κ3) is 6.48. The first-order valence-corrected chi connectivity index (χ1v) is 13.5. The molecule has 0 spiro atoms. The highest BCUT2D eigenvalue weighted by Gasteiger charge is 2.17. The summed E-state index contributed by atoms with van der Waals surface area (Å²) >= 11 is 6.18. The molecule has 8 heteroatoms. The molecule has 0 fully saturated rings. The van der Waals surface area contributed by atoms with Crippen molar-refractivity contribution in [2.45, 2.75) is 26.8 Å². The first-order chi connectivity index (χ1) is 19.8. The van der Waals surface area contributed by atoms with Crippen LogP contribution in [0.4, 0.5) is 11.4 Å². The molecule has 4 aromatic carbocycles. The third-order valence-electron chi connectivity index (χ3n) is 6.74. The van der Waals surface area contributed by atoms with Gasteiger partial charge in [0.05, 0.1) is 17.9 Å². The second-order valence-corrected chi connectivity index (χ2v) is 10.2. The van der Waals surface area contributed by atoms with Crippen molar-refractivity contribution in [2.24, 2.45) is 0 Å². The second-order valence-electron chi connectivity index (χ2n) is 9.74. The summed E-state index contributed by atoms with van der Waals surface area (Å²) < 4.78 is 7.40. The Morgan fingerprint density at radius 2 is 1.68 bits per heavy atom. The van der Waals surface area contributed by atoms with Crippen LogP contribution in [-0.4, -0.2) is 15.7 Å². The number of rotatable bonds is 8. The number of halogens is 1. The number of ether oxygens (including phenoxy) is 1. The number of anilines is 2. The highest BCUT2D eigenvalue weighted by molar-refractivity contribution is 6.30. The largest absolute Gasteiger partial charge is 0.453 e. The molecule has 7 nitrogen and oxygen atoms in total. The lowest BCUT2D eigenvalue weighted by molar-refractivity contribution is 0.0940. The van der Waals surface area contributed by atoms with E-state index in [0.29, 0.717) is 27.7 Å². The van der Waals surface area contributed by atoms with Gasteiger partial charge in [0, 0.05) is 16.3 Å². The van der Waals surface area contributed by atoms with E-state index in [9.17, 15) is 9.59 Å². The number of carbonyl (C=O) groups excluding carboxylic acids is 1. The van der Waals surface area contributed by atoms with Crippen LogP contribution in [-0.2, 0) is 0 Å². The molecule has 2 N–H and O–H groups in total. The molecule has 206 valence electrons. The molecule has 5 rings (SSSR count). The minimum atomic E-state index is -0.443. The van der Waals surface area contributed by atoms with Crippen LogP contribution >= 0.6 is 11.6 Å².